The summed E-state index contributed by atoms with van der Waals surface area (Å²) in [5.41, 5.74) is 0.606. The number of ketones is 1. The van der Waals surface area contributed by atoms with Crippen molar-refractivity contribution in [3.05, 3.63) is 75.6 Å². The maximum atomic E-state index is 12.5. The Morgan fingerprint density at radius 2 is 1.91 bits per heavy atom. The number of nitro groups is 1. The predicted octanol–water partition coefficient (Wildman–Crippen LogP) is 3.20. The van der Waals surface area contributed by atoms with Crippen molar-refractivity contribution in [2.24, 2.45) is 7.05 Å². The van der Waals surface area contributed by atoms with Crippen LogP contribution < -0.4 is 10.1 Å². The van der Waals surface area contributed by atoms with E-state index in [1.807, 2.05) is 0 Å². The summed E-state index contributed by atoms with van der Waals surface area (Å²) in [4.78, 5) is 35.3. The van der Waals surface area contributed by atoms with Gasteiger partial charge < -0.3 is 14.6 Å². The molecule has 1 heterocycles. The molecule has 1 atom stereocenters. The van der Waals surface area contributed by atoms with E-state index < -0.39 is 11.0 Å². The molecule has 10 nitrogen and oxygen atoms in total. The molecule has 0 radical (unpaired) electrons. The van der Waals surface area contributed by atoms with Gasteiger partial charge in [0.1, 0.15) is 5.75 Å². The molecule has 3 aromatic rings. The van der Waals surface area contributed by atoms with Crippen LogP contribution in [0.25, 0.3) is 0 Å². The number of Topliss-reactive ketones (excluding diaryl/α,β-unsaturated/α-hetero) is 1. The summed E-state index contributed by atoms with van der Waals surface area (Å²) in [6.45, 7) is 1.79. The van der Waals surface area contributed by atoms with Gasteiger partial charge in [-0.15, -0.1) is 10.2 Å². The molecular formula is C21H21N5O5S. The number of methoxy groups -OCH3 is 1. The zero-order valence-electron chi connectivity index (χ0n) is 17.6. The number of rotatable bonds is 9. The van der Waals surface area contributed by atoms with Crippen LogP contribution in [-0.2, 0) is 7.05 Å². The van der Waals surface area contributed by atoms with E-state index in [0.717, 1.165) is 0 Å². The van der Waals surface area contributed by atoms with Gasteiger partial charge in [0.2, 0.25) is 0 Å². The lowest BCUT2D eigenvalue weighted by atomic mass is 10.1. The molecule has 2 aromatic carbocycles. The lowest BCUT2D eigenvalue weighted by Gasteiger charge is -2.14. The minimum absolute atomic E-state index is 0.0414. The van der Waals surface area contributed by atoms with Crippen molar-refractivity contribution < 1.29 is 19.2 Å². The third-order valence-corrected chi connectivity index (χ3v) is 5.69. The molecule has 1 N–H and O–H groups in total. The monoisotopic (exact) mass is 455 g/mol. The van der Waals surface area contributed by atoms with Crippen LogP contribution in [0.2, 0.25) is 0 Å². The second-order valence-corrected chi connectivity index (χ2v) is 7.79. The Labute approximate surface area is 188 Å². The minimum Gasteiger partial charge on any atom is -0.497 e. The molecular weight excluding hydrogens is 434 g/mol. The van der Waals surface area contributed by atoms with Gasteiger partial charge in [-0.3, -0.25) is 19.7 Å². The maximum Gasteiger partial charge on any atom is 0.270 e. The van der Waals surface area contributed by atoms with Crippen LogP contribution >= 0.6 is 11.8 Å². The highest BCUT2D eigenvalue weighted by atomic mass is 32.2. The molecule has 0 fully saturated rings. The normalized spacial score (nSPS) is 11.6. The summed E-state index contributed by atoms with van der Waals surface area (Å²) in [5.74, 6) is 0.698. The largest absolute Gasteiger partial charge is 0.497 e. The first-order valence-corrected chi connectivity index (χ1v) is 10.5. The van der Waals surface area contributed by atoms with Crippen LogP contribution in [0.5, 0.6) is 5.75 Å². The van der Waals surface area contributed by atoms with Gasteiger partial charge >= 0.3 is 0 Å². The van der Waals surface area contributed by atoms with Gasteiger partial charge in [-0.1, -0.05) is 23.9 Å². The molecule has 0 aliphatic heterocycles. The van der Waals surface area contributed by atoms with Crippen LogP contribution in [0.4, 0.5) is 5.69 Å². The molecule has 3 rings (SSSR count). The number of nitrogens with zero attached hydrogens (tertiary/aromatic N) is 4. The fraction of sp³-hybridized carbons (Fsp3) is 0.238. The molecule has 0 bridgehead atoms. The second kappa shape index (κ2) is 10.1. The van der Waals surface area contributed by atoms with Crippen LogP contribution in [0, 0.1) is 10.1 Å². The van der Waals surface area contributed by atoms with E-state index in [1.165, 1.54) is 36.0 Å². The molecule has 11 heteroatoms. The highest BCUT2D eigenvalue weighted by molar-refractivity contribution is 7.99. The predicted molar refractivity (Wildman–Crippen MR) is 118 cm³/mol. The van der Waals surface area contributed by atoms with Gasteiger partial charge in [0, 0.05) is 30.3 Å². The number of aromatic nitrogens is 3. The molecule has 0 saturated carbocycles. The Hall–Kier alpha value is -3.73. The van der Waals surface area contributed by atoms with E-state index in [-0.39, 0.29) is 28.7 Å². The third-order valence-electron chi connectivity index (χ3n) is 4.67. The van der Waals surface area contributed by atoms with Gasteiger partial charge in [-0.05, 0) is 31.2 Å². The second-order valence-electron chi connectivity index (χ2n) is 6.84. The Kier molecular flexibility index (Phi) is 7.21. The first kappa shape index (κ1) is 22.9. The molecule has 0 spiro atoms. The fourth-order valence-electron chi connectivity index (χ4n) is 2.92. The first-order valence-electron chi connectivity index (χ1n) is 9.54. The Bertz CT molecular complexity index is 1150. The first-order chi connectivity index (χ1) is 15.3. The number of ether oxygens (including phenoxy) is 1. The van der Waals surface area contributed by atoms with Crippen molar-refractivity contribution in [2.75, 3.05) is 12.9 Å². The zero-order valence-corrected chi connectivity index (χ0v) is 18.5. The summed E-state index contributed by atoms with van der Waals surface area (Å²) in [5, 5.41) is 22.5. The van der Waals surface area contributed by atoms with E-state index >= 15 is 0 Å². The van der Waals surface area contributed by atoms with Crippen molar-refractivity contribution in [3.63, 3.8) is 0 Å². The zero-order chi connectivity index (χ0) is 23.3. The van der Waals surface area contributed by atoms with Crippen LogP contribution in [-0.4, -0.2) is 44.2 Å². The van der Waals surface area contributed by atoms with E-state index in [2.05, 4.69) is 15.5 Å². The van der Waals surface area contributed by atoms with Gasteiger partial charge in [0.25, 0.3) is 11.6 Å². The van der Waals surface area contributed by atoms with Gasteiger partial charge in [0.05, 0.1) is 23.8 Å². The molecule has 0 aliphatic rings. The number of hydrogen-bond donors (Lipinski definition) is 1. The van der Waals surface area contributed by atoms with Crippen LogP contribution in [0.15, 0.2) is 53.7 Å². The number of carbonyl (C=O) groups excluding carboxylic acids is 2. The number of nitrogens with one attached hydrogen (secondary N) is 1. The van der Waals surface area contributed by atoms with Gasteiger partial charge in [0.15, 0.2) is 16.8 Å². The number of carbonyl (C=O) groups is 2. The molecule has 0 aliphatic carbocycles. The van der Waals surface area contributed by atoms with E-state index in [9.17, 15) is 19.7 Å². The van der Waals surface area contributed by atoms with E-state index in [1.54, 1.807) is 49.9 Å². The molecule has 1 amide bonds. The lowest BCUT2D eigenvalue weighted by molar-refractivity contribution is -0.384. The molecule has 1 unspecified atom stereocenters. The highest BCUT2D eigenvalue weighted by Gasteiger charge is 2.20. The number of nitro benzene ring substituents is 1. The van der Waals surface area contributed by atoms with E-state index in [4.69, 9.17) is 4.74 Å². The average Bonchev–Trinajstić information content (AvgIpc) is 3.17. The summed E-state index contributed by atoms with van der Waals surface area (Å²) in [6.07, 6.45) is 0. The van der Waals surface area contributed by atoms with Crippen molar-refractivity contribution in [2.45, 2.75) is 18.1 Å². The number of benzene rings is 2. The van der Waals surface area contributed by atoms with Gasteiger partial charge in [-0.2, -0.15) is 0 Å². The van der Waals surface area contributed by atoms with Crippen molar-refractivity contribution in [3.8, 4) is 5.75 Å². The summed E-state index contributed by atoms with van der Waals surface area (Å²) in [6, 6.07) is 11.9. The lowest BCUT2D eigenvalue weighted by Crippen LogP contribution is -2.28. The fourth-order valence-corrected chi connectivity index (χ4v) is 3.73. The number of non-ortho nitro benzene ring substituents is 1. The number of thioether (sulfide) groups is 1. The Morgan fingerprint density at radius 3 is 2.56 bits per heavy atom. The molecule has 0 saturated heterocycles. The quantitative estimate of drug-likeness (QED) is 0.225. The van der Waals surface area contributed by atoms with Crippen molar-refractivity contribution in [1.29, 1.82) is 0 Å². The summed E-state index contributed by atoms with van der Waals surface area (Å²) in [7, 11) is 3.30. The van der Waals surface area contributed by atoms with Crippen molar-refractivity contribution >= 4 is 29.1 Å². The molecule has 1 aromatic heterocycles. The van der Waals surface area contributed by atoms with Crippen molar-refractivity contribution in [1.82, 2.24) is 20.1 Å². The average molecular weight is 455 g/mol. The standard InChI is InChI=1S/C21H21N5O5S/c1-13(22-20(28)14-7-9-17(31-3)10-8-14)19-23-24-21(25(19)2)32-12-18(27)15-5-4-6-16(11-15)26(29)30/h4-11,13H,12H2,1-3H3,(H,22,28). The molecule has 32 heavy (non-hydrogen) atoms. The van der Waals surface area contributed by atoms with Gasteiger partial charge in [-0.25, -0.2) is 0 Å². The minimum atomic E-state index is -0.541. The highest BCUT2D eigenvalue weighted by Crippen LogP contribution is 2.22. The number of amides is 1. The summed E-state index contributed by atoms with van der Waals surface area (Å²) >= 11 is 1.17. The molecule has 166 valence electrons. The topological polar surface area (TPSA) is 129 Å². The number of hydrogen-bond acceptors (Lipinski definition) is 8. The summed E-state index contributed by atoms with van der Waals surface area (Å²) < 4.78 is 6.79. The van der Waals surface area contributed by atoms with Crippen LogP contribution in [0.3, 0.4) is 0 Å². The Balaban J connectivity index is 1.62. The van der Waals surface area contributed by atoms with Crippen LogP contribution in [0.1, 0.15) is 39.5 Å². The maximum absolute atomic E-state index is 12.5. The van der Waals surface area contributed by atoms with E-state index in [0.29, 0.717) is 22.3 Å². The third kappa shape index (κ3) is 5.30. The Morgan fingerprint density at radius 1 is 1.19 bits per heavy atom. The smallest absolute Gasteiger partial charge is 0.270 e. The SMILES string of the molecule is COc1ccc(C(=O)NC(C)c2nnc(SCC(=O)c3cccc([N+](=O)[O-])c3)n2C)cc1.